The number of carboxylic acids is 1. The van der Waals surface area contributed by atoms with Gasteiger partial charge in [-0.2, -0.15) is 0 Å². The van der Waals surface area contributed by atoms with Crippen LogP contribution in [0.2, 0.25) is 0 Å². The Bertz CT molecular complexity index is 443. The highest BCUT2D eigenvalue weighted by Crippen LogP contribution is 2.15. The predicted molar refractivity (Wildman–Crippen MR) is 74.3 cm³/mol. The van der Waals surface area contributed by atoms with Crippen LogP contribution in [0.15, 0.2) is 24.3 Å². The van der Waals surface area contributed by atoms with Crippen molar-refractivity contribution in [3.05, 3.63) is 29.8 Å². The number of amides is 1. The fourth-order valence-electron chi connectivity index (χ4n) is 1.75. The van der Waals surface area contributed by atoms with E-state index in [9.17, 15) is 9.59 Å². The Labute approximate surface area is 113 Å². The zero-order valence-electron chi connectivity index (χ0n) is 11.3. The Balaban J connectivity index is 2.73. The molecule has 0 spiro atoms. The molecule has 1 unspecified atom stereocenters. The zero-order valence-corrected chi connectivity index (χ0v) is 11.3. The van der Waals surface area contributed by atoms with Crippen molar-refractivity contribution >= 4 is 17.6 Å². The molecule has 0 radical (unpaired) electrons. The van der Waals surface area contributed by atoms with E-state index in [0.29, 0.717) is 12.1 Å². The first kappa shape index (κ1) is 15.2. The van der Waals surface area contributed by atoms with E-state index in [-0.39, 0.29) is 11.5 Å². The van der Waals surface area contributed by atoms with Crippen LogP contribution < -0.4 is 10.6 Å². The molecule has 0 aliphatic rings. The van der Waals surface area contributed by atoms with E-state index in [1.54, 1.807) is 19.2 Å². The van der Waals surface area contributed by atoms with Gasteiger partial charge in [-0.05, 0) is 30.7 Å². The number of unbranched alkanes of at least 4 members (excludes halogenated alkanes) is 1. The van der Waals surface area contributed by atoms with E-state index in [1.165, 1.54) is 17.0 Å². The van der Waals surface area contributed by atoms with Crippen molar-refractivity contribution in [2.24, 2.45) is 5.73 Å². The lowest BCUT2D eigenvalue weighted by Gasteiger charge is -2.21. The summed E-state index contributed by atoms with van der Waals surface area (Å²) in [4.78, 5) is 24.3. The average molecular weight is 264 g/mol. The van der Waals surface area contributed by atoms with Gasteiger partial charge in [0, 0.05) is 12.7 Å². The first-order chi connectivity index (χ1) is 8.97. The molecule has 0 saturated carbocycles. The topological polar surface area (TPSA) is 83.6 Å². The summed E-state index contributed by atoms with van der Waals surface area (Å²) in [5, 5.41) is 8.81. The summed E-state index contributed by atoms with van der Waals surface area (Å²) in [5.41, 5.74) is 6.67. The van der Waals surface area contributed by atoms with Gasteiger partial charge < -0.3 is 15.7 Å². The fourth-order valence-corrected chi connectivity index (χ4v) is 1.75. The first-order valence-electron chi connectivity index (χ1n) is 6.34. The molecule has 0 heterocycles. The minimum absolute atomic E-state index is 0.156. The summed E-state index contributed by atoms with van der Waals surface area (Å²) >= 11 is 0. The van der Waals surface area contributed by atoms with E-state index in [4.69, 9.17) is 10.8 Å². The number of nitrogens with zero attached hydrogens (tertiary/aromatic N) is 1. The Morgan fingerprint density at radius 1 is 1.32 bits per heavy atom. The molecule has 5 nitrogen and oxygen atoms in total. The van der Waals surface area contributed by atoms with Crippen LogP contribution in [-0.2, 0) is 4.79 Å². The first-order valence-corrected chi connectivity index (χ1v) is 6.34. The Morgan fingerprint density at radius 2 is 1.89 bits per heavy atom. The summed E-state index contributed by atoms with van der Waals surface area (Å²) in [5.74, 6) is -1.14. The second-order valence-electron chi connectivity index (χ2n) is 4.50. The standard InChI is InChI=1S/C14H20N2O3/c1-3-4-5-12(15)13(17)16(2)11-8-6-10(7-9-11)14(18)19/h6-9,12H,3-5,15H2,1-2H3,(H,18,19). The number of nitrogens with two attached hydrogens (primary N) is 1. The number of hydrogen-bond donors (Lipinski definition) is 2. The van der Waals surface area contributed by atoms with Gasteiger partial charge in [-0.1, -0.05) is 19.8 Å². The van der Waals surface area contributed by atoms with Crippen molar-refractivity contribution in [2.75, 3.05) is 11.9 Å². The molecule has 0 saturated heterocycles. The number of rotatable bonds is 6. The zero-order chi connectivity index (χ0) is 14.4. The van der Waals surface area contributed by atoms with Crippen molar-refractivity contribution in [1.29, 1.82) is 0 Å². The van der Waals surface area contributed by atoms with Crippen LogP contribution in [0.4, 0.5) is 5.69 Å². The number of carbonyl (C=O) groups is 2. The van der Waals surface area contributed by atoms with Crippen molar-refractivity contribution in [3.63, 3.8) is 0 Å². The van der Waals surface area contributed by atoms with Crippen LogP contribution in [0.5, 0.6) is 0 Å². The van der Waals surface area contributed by atoms with E-state index >= 15 is 0 Å². The molecule has 1 atom stereocenters. The Hall–Kier alpha value is -1.88. The molecule has 1 aromatic carbocycles. The lowest BCUT2D eigenvalue weighted by molar-refractivity contribution is -0.119. The lowest BCUT2D eigenvalue weighted by atomic mass is 10.1. The molecule has 0 bridgehead atoms. The van der Waals surface area contributed by atoms with Gasteiger partial charge in [0.2, 0.25) is 5.91 Å². The molecule has 1 aromatic rings. The van der Waals surface area contributed by atoms with Crippen molar-refractivity contribution in [2.45, 2.75) is 32.2 Å². The van der Waals surface area contributed by atoms with Gasteiger partial charge in [-0.3, -0.25) is 4.79 Å². The van der Waals surface area contributed by atoms with Crippen LogP contribution in [0, 0.1) is 0 Å². The van der Waals surface area contributed by atoms with Crippen LogP contribution >= 0.6 is 0 Å². The van der Waals surface area contributed by atoms with Gasteiger partial charge >= 0.3 is 5.97 Å². The Morgan fingerprint density at radius 3 is 2.37 bits per heavy atom. The van der Waals surface area contributed by atoms with Crippen LogP contribution in [0.1, 0.15) is 36.5 Å². The maximum Gasteiger partial charge on any atom is 0.335 e. The van der Waals surface area contributed by atoms with E-state index in [2.05, 4.69) is 0 Å². The smallest absolute Gasteiger partial charge is 0.335 e. The molecule has 19 heavy (non-hydrogen) atoms. The van der Waals surface area contributed by atoms with Crippen LogP contribution in [0.25, 0.3) is 0 Å². The number of hydrogen-bond acceptors (Lipinski definition) is 3. The summed E-state index contributed by atoms with van der Waals surface area (Å²) in [6, 6.07) is 5.64. The number of likely N-dealkylation sites (N-methyl/N-ethyl adjacent to an activating group) is 1. The van der Waals surface area contributed by atoms with Gasteiger partial charge in [-0.25, -0.2) is 4.79 Å². The minimum Gasteiger partial charge on any atom is -0.478 e. The Kier molecular flexibility index (Phi) is 5.51. The van der Waals surface area contributed by atoms with Crippen LogP contribution in [0.3, 0.4) is 0 Å². The van der Waals surface area contributed by atoms with Gasteiger partial charge in [0.15, 0.2) is 0 Å². The second kappa shape index (κ2) is 6.89. The normalized spacial score (nSPS) is 11.9. The van der Waals surface area contributed by atoms with E-state index < -0.39 is 12.0 Å². The molecule has 104 valence electrons. The molecule has 0 aliphatic heterocycles. The lowest BCUT2D eigenvalue weighted by Crippen LogP contribution is -2.41. The van der Waals surface area contributed by atoms with Crippen LogP contribution in [-0.4, -0.2) is 30.1 Å². The van der Waals surface area contributed by atoms with E-state index in [1.807, 2.05) is 6.92 Å². The SMILES string of the molecule is CCCCC(N)C(=O)N(C)c1ccc(C(=O)O)cc1. The molecule has 1 amide bonds. The van der Waals surface area contributed by atoms with Crippen molar-refractivity contribution in [1.82, 2.24) is 0 Å². The quantitative estimate of drug-likeness (QED) is 0.821. The largest absolute Gasteiger partial charge is 0.478 e. The molecule has 5 heteroatoms. The molecule has 3 N–H and O–H groups in total. The summed E-state index contributed by atoms with van der Waals surface area (Å²) < 4.78 is 0. The maximum absolute atomic E-state index is 12.1. The number of anilines is 1. The van der Waals surface area contributed by atoms with Crippen molar-refractivity contribution < 1.29 is 14.7 Å². The monoisotopic (exact) mass is 264 g/mol. The summed E-state index contributed by atoms with van der Waals surface area (Å²) in [6.07, 6.45) is 2.57. The van der Waals surface area contributed by atoms with E-state index in [0.717, 1.165) is 12.8 Å². The highest BCUT2D eigenvalue weighted by atomic mass is 16.4. The third-order valence-corrected chi connectivity index (χ3v) is 3.02. The number of benzene rings is 1. The minimum atomic E-state index is -0.986. The maximum atomic E-state index is 12.1. The molecule has 0 fully saturated rings. The predicted octanol–water partition coefficient (Wildman–Crippen LogP) is 1.87. The second-order valence-corrected chi connectivity index (χ2v) is 4.50. The molecular weight excluding hydrogens is 244 g/mol. The van der Waals surface area contributed by atoms with Gasteiger partial charge in [0.1, 0.15) is 0 Å². The number of carbonyl (C=O) groups excluding carboxylic acids is 1. The van der Waals surface area contributed by atoms with Gasteiger partial charge in [0.05, 0.1) is 11.6 Å². The number of carboxylic acid groups (broad SMARTS) is 1. The number of aromatic carboxylic acids is 1. The average Bonchev–Trinajstić information content (AvgIpc) is 2.43. The highest BCUT2D eigenvalue weighted by molar-refractivity contribution is 5.97. The van der Waals surface area contributed by atoms with Crippen molar-refractivity contribution in [3.8, 4) is 0 Å². The molecule has 1 rings (SSSR count). The molecule has 0 aliphatic carbocycles. The molecular formula is C14H20N2O3. The van der Waals surface area contributed by atoms with Gasteiger partial charge in [0.25, 0.3) is 0 Å². The van der Waals surface area contributed by atoms with Gasteiger partial charge in [-0.15, -0.1) is 0 Å². The third kappa shape index (κ3) is 4.06. The highest BCUT2D eigenvalue weighted by Gasteiger charge is 2.18. The summed E-state index contributed by atoms with van der Waals surface area (Å²) in [6.45, 7) is 2.05. The fraction of sp³-hybridized carbons (Fsp3) is 0.429. The summed E-state index contributed by atoms with van der Waals surface area (Å²) in [7, 11) is 1.64. The third-order valence-electron chi connectivity index (χ3n) is 3.02. The molecule has 0 aromatic heterocycles.